The van der Waals surface area contributed by atoms with Gasteiger partial charge in [-0.05, 0) is 74.9 Å². The van der Waals surface area contributed by atoms with E-state index in [1.807, 2.05) is 0 Å². The highest BCUT2D eigenvalue weighted by molar-refractivity contribution is 6.74. The Bertz CT molecular complexity index is 607. The Morgan fingerprint density at radius 3 is 1.83 bits per heavy atom. The lowest BCUT2D eigenvalue weighted by atomic mass is 9.94. The Morgan fingerprint density at radius 2 is 1.38 bits per heavy atom. The average Bonchev–Trinajstić information content (AvgIpc) is 2.96. The van der Waals surface area contributed by atoms with Gasteiger partial charge in [0.2, 0.25) is 0 Å². The molecule has 4 nitrogen and oxygen atoms in total. The van der Waals surface area contributed by atoms with Crippen LogP contribution in [0.4, 0.5) is 0 Å². The van der Waals surface area contributed by atoms with Gasteiger partial charge in [-0.25, -0.2) is 0 Å². The fraction of sp³-hybridized carbons (Fsp3) is 0.913. The van der Waals surface area contributed by atoms with Crippen LogP contribution < -0.4 is 0 Å². The van der Waals surface area contributed by atoms with Gasteiger partial charge in [0.05, 0.1) is 6.10 Å². The summed E-state index contributed by atoms with van der Waals surface area (Å²) in [6.07, 6.45) is 5.20. The number of hydrogen-bond donors (Lipinski definition) is 1. The van der Waals surface area contributed by atoms with Gasteiger partial charge in [0.25, 0.3) is 0 Å². The Kier molecular flexibility index (Phi) is 7.00. The minimum Gasteiger partial charge on any atom is -0.489 e. The largest absolute Gasteiger partial charge is 0.489 e. The van der Waals surface area contributed by atoms with Gasteiger partial charge in [0.15, 0.2) is 16.6 Å². The number of rotatable bonds is 5. The lowest BCUT2D eigenvalue weighted by Crippen LogP contribution is -2.57. The van der Waals surface area contributed by atoms with Gasteiger partial charge in [0, 0.05) is 0 Å². The molecular formula is C23H46O4Si2. The zero-order chi connectivity index (χ0) is 22.5. The van der Waals surface area contributed by atoms with Crippen molar-refractivity contribution in [3.63, 3.8) is 0 Å². The first-order chi connectivity index (χ1) is 12.9. The lowest BCUT2D eigenvalue weighted by molar-refractivity contribution is -0.0877. The standard InChI is InChI=1S/C23H46O4Si2/c1-17-20(27-29(10,11)22(5,6)7)18(26-28(8,9)21(2,3)4)16-19(25-17)23(24)14-12-13-15-23/h16-18,20,24H,12-15H2,1-11H3/t17-,18-,20+/m0/s1. The molecule has 1 aliphatic heterocycles. The molecule has 0 spiro atoms. The molecule has 0 unspecified atom stereocenters. The molecular weight excluding hydrogens is 396 g/mol. The topological polar surface area (TPSA) is 47.9 Å². The predicted octanol–water partition coefficient (Wildman–Crippen LogP) is 6.37. The second-order valence-corrected chi connectivity index (χ2v) is 21.8. The molecule has 1 saturated carbocycles. The molecule has 6 heteroatoms. The third kappa shape index (κ3) is 5.38. The van der Waals surface area contributed by atoms with E-state index in [0.717, 1.165) is 25.7 Å². The van der Waals surface area contributed by atoms with Crippen LogP contribution in [0.3, 0.4) is 0 Å². The maximum absolute atomic E-state index is 11.2. The van der Waals surface area contributed by atoms with E-state index in [4.69, 9.17) is 13.6 Å². The summed E-state index contributed by atoms with van der Waals surface area (Å²) in [6.45, 7) is 24.8. The summed E-state index contributed by atoms with van der Waals surface area (Å²) in [5, 5.41) is 11.4. The second kappa shape index (κ2) is 8.08. The second-order valence-electron chi connectivity index (χ2n) is 12.3. The minimum atomic E-state index is -2.02. The maximum Gasteiger partial charge on any atom is 0.193 e. The first-order valence-corrected chi connectivity index (χ1v) is 17.2. The molecule has 0 aromatic heterocycles. The van der Waals surface area contributed by atoms with E-state index in [1.165, 1.54) is 0 Å². The number of hydrogen-bond acceptors (Lipinski definition) is 4. The van der Waals surface area contributed by atoms with E-state index < -0.39 is 22.2 Å². The SMILES string of the molecule is C[C@@H]1OC(C2(O)CCCC2)=C[C@H](O[Si](C)(C)C(C)(C)C)[C@@H]1O[Si](C)(C)C(C)(C)C. The minimum absolute atomic E-state index is 0.105. The molecule has 1 aliphatic carbocycles. The molecule has 2 aliphatic rings. The maximum atomic E-state index is 11.2. The molecule has 0 bridgehead atoms. The van der Waals surface area contributed by atoms with Gasteiger partial charge in [-0.1, -0.05) is 41.5 Å². The van der Waals surface area contributed by atoms with Crippen molar-refractivity contribution in [2.45, 2.75) is 134 Å². The van der Waals surface area contributed by atoms with E-state index in [9.17, 15) is 5.11 Å². The lowest BCUT2D eigenvalue weighted by Gasteiger charge is -2.48. The molecule has 2 rings (SSSR count). The molecule has 1 heterocycles. The molecule has 3 atom stereocenters. The van der Waals surface area contributed by atoms with Crippen molar-refractivity contribution >= 4 is 16.6 Å². The molecule has 1 fully saturated rings. The van der Waals surface area contributed by atoms with E-state index in [2.05, 4.69) is 80.7 Å². The Balaban J connectivity index is 2.41. The normalized spacial score (nSPS) is 28.8. The van der Waals surface area contributed by atoms with Crippen LogP contribution in [0.25, 0.3) is 0 Å². The van der Waals surface area contributed by atoms with Gasteiger partial charge in [0.1, 0.15) is 23.6 Å². The zero-order valence-electron chi connectivity index (χ0n) is 20.8. The molecule has 1 N–H and O–H groups in total. The van der Waals surface area contributed by atoms with E-state index in [0.29, 0.717) is 5.76 Å². The van der Waals surface area contributed by atoms with Crippen LogP contribution in [-0.2, 0) is 13.6 Å². The van der Waals surface area contributed by atoms with E-state index in [-0.39, 0.29) is 28.4 Å². The van der Waals surface area contributed by atoms with Crippen LogP contribution in [-0.4, -0.2) is 45.7 Å². The molecule has 0 aromatic rings. The van der Waals surface area contributed by atoms with E-state index >= 15 is 0 Å². The van der Waals surface area contributed by atoms with Crippen molar-refractivity contribution < 1.29 is 18.7 Å². The van der Waals surface area contributed by atoms with Crippen molar-refractivity contribution in [3.05, 3.63) is 11.8 Å². The fourth-order valence-corrected chi connectivity index (χ4v) is 6.18. The van der Waals surface area contributed by atoms with Crippen LogP contribution in [0.1, 0.15) is 74.1 Å². The summed E-state index contributed by atoms with van der Waals surface area (Å²) >= 11 is 0. The quantitative estimate of drug-likeness (QED) is 0.502. The monoisotopic (exact) mass is 442 g/mol. The third-order valence-electron chi connectivity index (χ3n) is 7.78. The van der Waals surface area contributed by atoms with Crippen molar-refractivity contribution in [2.24, 2.45) is 0 Å². The summed E-state index contributed by atoms with van der Waals surface area (Å²) < 4.78 is 20.1. The number of ether oxygens (including phenoxy) is 1. The van der Waals surface area contributed by atoms with Crippen molar-refractivity contribution in [3.8, 4) is 0 Å². The van der Waals surface area contributed by atoms with Crippen molar-refractivity contribution in [1.29, 1.82) is 0 Å². The molecule has 0 radical (unpaired) electrons. The third-order valence-corrected chi connectivity index (χ3v) is 16.7. The summed E-state index contributed by atoms with van der Waals surface area (Å²) in [4.78, 5) is 0. The Hall–Kier alpha value is -0.146. The summed E-state index contributed by atoms with van der Waals surface area (Å²) in [5.41, 5.74) is -0.842. The Morgan fingerprint density at radius 1 is 0.931 bits per heavy atom. The first-order valence-electron chi connectivity index (χ1n) is 11.4. The number of aliphatic hydroxyl groups is 1. The molecule has 29 heavy (non-hydrogen) atoms. The van der Waals surface area contributed by atoms with Crippen molar-refractivity contribution in [2.75, 3.05) is 0 Å². The van der Waals surface area contributed by atoms with Crippen LogP contribution in [0.15, 0.2) is 11.8 Å². The summed E-state index contributed by atoms with van der Waals surface area (Å²) in [7, 11) is -4.03. The highest BCUT2D eigenvalue weighted by atomic mass is 28.4. The predicted molar refractivity (Wildman–Crippen MR) is 126 cm³/mol. The average molecular weight is 443 g/mol. The van der Waals surface area contributed by atoms with Crippen LogP contribution in [0.5, 0.6) is 0 Å². The van der Waals surface area contributed by atoms with Gasteiger partial charge in [-0.2, -0.15) is 0 Å². The highest BCUT2D eigenvalue weighted by Crippen LogP contribution is 2.45. The summed E-state index contributed by atoms with van der Waals surface area (Å²) in [6, 6.07) is 0. The van der Waals surface area contributed by atoms with Crippen molar-refractivity contribution in [1.82, 2.24) is 0 Å². The zero-order valence-corrected chi connectivity index (χ0v) is 22.8. The molecule has 0 aromatic carbocycles. The molecule has 170 valence electrons. The van der Waals surface area contributed by atoms with Crippen LogP contribution in [0.2, 0.25) is 36.3 Å². The van der Waals surface area contributed by atoms with Crippen LogP contribution in [0, 0.1) is 0 Å². The molecule has 0 saturated heterocycles. The summed E-state index contributed by atoms with van der Waals surface area (Å²) in [5.74, 6) is 0.710. The smallest absolute Gasteiger partial charge is 0.193 e. The first kappa shape index (κ1) is 25.1. The fourth-order valence-electron chi connectivity index (χ4n) is 3.59. The van der Waals surface area contributed by atoms with E-state index in [1.54, 1.807) is 0 Å². The Labute approximate surface area is 181 Å². The molecule has 0 amide bonds. The van der Waals surface area contributed by atoms with Gasteiger partial charge < -0.3 is 18.7 Å². The van der Waals surface area contributed by atoms with Gasteiger partial charge >= 0.3 is 0 Å². The van der Waals surface area contributed by atoms with Gasteiger partial charge in [-0.3, -0.25) is 0 Å². The van der Waals surface area contributed by atoms with Gasteiger partial charge in [-0.15, -0.1) is 0 Å². The van der Waals surface area contributed by atoms with Crippen LogP contribution >= 0.6 is 0 Å². The highest BCUT2D eigenvalue weighted by Gasteiger charge is 2.49.